The first-order valence-corrected chi connectivity index (χ1v) is 9.50. The van der Waals surface area contributed by atoms with Crippen molar-refractivity contribution in [3.05, 3.63) is 34.7 Å². The van der Waals surface area contributed by atoms with E-state index < -0.39 is 12.9 Å². The Kier molecular flexibility index (Phi) is 5.35. The second-order valence-corrected chi connectivity index (χ2v) is 7.39. The molecule has 2 atom stereocenters. The molecule has 4 rings (SSSR count). The molecular formula is C18H18BClFN5O2. The molecule has 2 aromatic rings. The van der Waals surface area contributed by atoms with Crippen molar-refractivity contribution in [3.63, 3.8) is 0 Å². The lowest BCUT2D eigenvalue weighted by molar-refractivity contribution is 0.275. The molecule has 2 aliphatic rings. The molecule has 1 aliphatic heterocycles. The van der Waals surface area contributed by atoms with Crippen molar-refractivity contribution in [3.8, 4) is 6.07 Å². The molecule has 2 heterocycles. The number of hydrogen-bond acceptors (Lipinski definition) is 7. The van der Waals surface area contributed by atoms with Crippen LogP contribution in [-0.2, 0) is 11.3 Å². The van der Waals surface area contributed by atoms with Gasteiger partial charge in [-0.3, -0.25) is 0 Å². The third-order valence-corrected chi connectivity index (χ3v) is 5.43. The predicted molar refractivity (Wildman–Crippen MR) is 104 cm³/mol. The average Bonchev–Trinajstić information content (AvgIpc) is 3.06. The molecule has 0 bridgehead atoms. The van der Waals surface area contributed by atoms with Gasteiger partial charge in [-0.1, -0.05) is 24.4 Å². The first-order chi connectivity index (χ1) is 13.5. The third kappa shape index (κ3) is 3.76. The molecule has 0 spiro atoms. The summed E-state index contributed by atoms with van der Waals surface area (Å²) in [5.74, 6) is -0.475. The number of nitriles is 1. The van der Waals surface area contributed by atoms with Crippen LogP contribution in [0.1, 0.15) is 31.2 Å². The number of halogens is 2. The van der Waals surface area contributed by atoms with Crippen LogP contribution in [0.5, 0.6) is 0 Å². The van der Waals surface area contributed by atoms with Crippen molar-refractivity contribution in [2.24, 2.45) is 5.92 Å². The zero-order valence-electron chi connectivity index (χ0n) is 15.0. The monoisotopic (exact) mass is 401 g/mol. The van der Waals surface area contributed by atoms with Crippen LogP contribution in [0.25, 0.3) is 0 Å². The predicted octanol–water partition coefficient (Wildman–Crippen LogP) is 2.72. The molecule has 7 nitrogen and oxygen atoms in total. The normalized spacial score (nSPS) is 21.1. The summed E-state index contributed by atoms with van der Waals surface area (Å²) in [4.78, 5) is 8.21. The van der Waals surface area contributed by atoms with E-state index in [2.05, 4.69) is 26.7 Å². The summed E-state index contributed by atoms with van der Waals surface area (Å²) in [7, 11) is -1.03. The highest BCUT2D eigenvalue weighted by Crippen LogP contribution is 2.28. The van der Waals surface area contributed by atoms with E-state index in [9.17, 15) is 14.7 Å². The first-order valence-electron chi connectivity index (χ1n) is 9.13. The molecule has 0 unspecified atom stereocenters. The number of nitrogens with one attached hydrogen (secondary N) is 2. The number of aromatic nitrogens is 2. The zero-order chi connectivity index (χ0) is 19.7. The van der Waals surface area contributed by atoms with Gasteiger partial charge in [-0.2, -0.15) is 10.2 Å². The lowest BCUT2D eigenvalue weighted by Gasteiger charge is -2.28. The molecule has 0 saturated heterocycles. The Hall–Kier alpha value is -2.41. The first kappa shape index (κ1) is 18.9. The second-order valence-electron chi connectivity index (χ2n) is 6.98. The van der Waals surface area contributed by atoms with Crippen LogP contribution >= 0.6 is 11.6 Å². The quantitative estimate of drug-likeness (QED) is 0.677. The van der Waals surface area contributed by atoms with E-state index in [-0.39, 0.29) is 30.3 Å². The summed E-state index contributed by atoms with van der Waals surface area (Å²) in [6, 6.07) is 5.57. The van der Waals surface area contributed by atoms with Gasteiger partial charge in [0, 0.05) is 22.2 Å². The van der Waals surface area contributed by atoms with E-state index in [1.54, 1.807) is 12.1 Å². The summed E-state index contributed by atoms with van der Waals surface area (Å²) in [6.07, 6.45) is 4.69. The average molecular weight is 402 g/mol. The Labute approximate surface area is 167 Å². The summed E-state index contributed by atoms with van der Waals surface area (Å²) in [6.45, 7) is 0.250. The molecule has 1 aromatic carbocycles. The van der Waals surface area contributed by atoms with Gasteiger partial charge in [0.25, 0.3) is 0 Å². The van der Waals surface area contributed by atoms with E-state index in [4.69, 9.17) is 16.3 Å². The largest absolute Gasteiger partial charge is 0.493 e. The highest BCUT2D eigenvalue weighted by atomic mass is 35.5. The van der Waals surface area contributed by atoms with Gasteiger partial charge in [-0.25, -0.2) is 9.37 Å². The lowest BCUT2D eigenvalue weighted by Crippen LogP contribution is -2.32. The Bertz CT molecular complexity index is 941. The van der Waals surface area contributed by atoms with Gasteiger partial charge in [-0.15, -0.1) is 0 Å². The smallest absolute Gasteiger partial charge is 0.423 e. The molecule has 1 fully saturated rings. The standard InChI is InChI=1S/C18H18BClFN5O2/c20-13-6-12(5-11-9-28-19(27)16(11)13)24-18-23-8-14(21)17(26-18)25-15-4-2-1-3-10(15)7-22/h5-6,8,10,15,27H,1-4,9H2,(H2,23,24,25,26)/t10-,15+/m0/s1. The van der Waals surface area contributed by atoms with Gasteiger partial charge < -0.3 is 20.3 Å². The molecule has 1 aromatic heterocycles. The van der Waals surface area contributed by atoms with Gasteiger partial charge in [0.1, 0.15) is 0 Å². The number of anilines is 3. The number of benzene rings is 1. The fourth-order valence-corrected chi connectivity index (χ4v) is 4.02. The van der Waals surface area contributed by atoms with Crippen molar-refractivity contribution in [1.82, 2.24) is 9.97 Å². The molecule has 28 heavy (non-hydrogen) atoms. The Morgan fingerprint density at radius 2 is 2.18 bits per heavy atom. The van der Waals surface area contributed by atoms with Gasteiger partial charge in [0.2, 0.25) is 5.95 Å². The highest BCUT2D eigenvalue weighted by molar-refractivity contribution is 6.65. The molecular weight excluding hydrogens is 383 g/mol. The van der Waals surface area contributed by atoms with Gasteiger partial charge >= 0.3 is 7.12 Å². The SMILES string of the molecule is N#C[C@@H]1CCCC[C@H]1Nc1nc(Nc2cc(Cl)c3c(c2)COB3O)ncc1F. The van der Waals surface area contributed by atoms with E-state index in [1.165, 1.54) is 0 Å². The van der Waals surface area contributed by atoms with Crippen LogP contribution in [0.3, 0.4) is 0 Å². The van der Waals surface area contributed by atoms with Gasteiger partial charge in [0.15, 0.2) is 11.6 Å². The summed E-state index contributed by atoms with van der Waals surface area (Å²) in [5, 5.41) is 25.5. The molecule has 10 heteroatoms. The molecule has 1 aliphatic carbocycles. The minimum atomic E-state index is -1.03. The van der Waals surface area contributed by atoms with Crippen molar-refractivity contribution in [1.29, 1.82) is 5.26 Å². The van der Waals surface area contributed by atoms with Crippen LogP contribution in [-0.4, -0.2) is 28.2 Å². The number of rotatable bonds is 4. The van der Waals surface area contributed by atoms with E-state index in [0.717, 1.165) is 37.4 Å². The van der Waals surface area contributed by atoms with Crippen LogP contribution in [0, 0.1) is 23.1 Å². The summed E-state index contributed by atoms with van der Waals surface area (Å²) >= 11 is 6.23. The fourth-order valence-electron chi connectivity index (χ4n) is 3.69. The maximum atomic E-state index is 14.2. The molecule has 3 N–H and O–H groups in total. The molecule has 144 valence electrons. The zero-order valence-corrected chi connectivity index (χ0v) is 15.7. The van der Waals surface area contributed by atoms with E-state index in [0.29, 0.717) is 16.2 Å². The van der Waals surface area contributed by atoms with Gasteiger partial charge in [0.05, 0.1) is 24.8 Å². The second kappa shape index (κ2) is 7.91. The number of fused-ring (bicyclic) bond motifs is 1. The molecule has 0 amide bonds. The van der Waals surface area contributed by atoms with Crippen molar-refractivity contribution >= 4 is 41.6 Å². The topological polar surface area (TPSA) is 103 Å². The Morgan fingerprint density at radius 3 is 3.00 bits per heavy atom. The highest BCUT2D eigenvalue weighted by Gasteiger charge is 2.30. The Morgan fingerprint density at radius 1 is 1.36 bits per heavy atom. The molecule has 0 radical (unpaired) electrons. The van der Waals surface area contributed by atoms with Crippen molar-refractivity contribution in [2.75, 3.05) is 10.6 Å². The van der Waals surface area contributed by atoms with E-state index >= 15 is 0 Å². The lowest BCUT2D eigenvalue weighted by atomic mass is 9.79. The maximum absolute atomic E-state index is 14.2. The van der Waals surface area contributed by atoms with Crippen LogP contribution in [0.15, 0.2) is 18.3 Å². The summed E-state index contributed by atoms with van der Waals surface area (Å²) in [5.41, 5.74) is 1.92. The van der Waals surface area contributed by atoms with Crippen molar-refractivity contribution in [2.45, 2.75) is 38.3 Å². The molecule has 1 saturated carbocycles. The minimum absolute atomic E-state index is 0.0654. The van der Waals surface area contributed by atoms with Crippen LogP contribution < -0.4 is 16.1 Å². The minimum Gasteiger partial charge on any atom is -0.423 e. The van der Waals surface area contributed by atoms with Crippen LogP contribution in [0.4, 0.5) is 21.8 Å². The fraction of sp³-hybridized carbons (Fsp3) is 0.389. The Balaban J connectivity index is 1.55. The number of hydrogen-bond donors (Lipinski definition) is 3. The third-order valence-electron chi connectivity index (χ3n) is 5.11. The van der Waals surface area contributed by atoms with Crippen molar-refractivity contribution < 1.29 is 14.1 Å². The maximum Gasteiger partial charge on any atom is 0.493 e. The van der Waals surface area contributed by atoms with Gasteiger partial charge in [-0.05, 0) is 30.5 Å². The summed E-state index contributed by atoms with van der Waals surface area (Å²) < 4.78 is 19.4. The number of nitrogens with zero attached hydrogens (tertiary/aromatic N) is 3. The van der Waals surface area contributed by atoms with Crippen LogP contribution in [0.2, 0.25) is 5.02 Å². The van der Waals surface area contributed by atoms with E-state index in [1.807, 2.05) is 0 Å².